The molecule has 0 aromatic heterocycles. The zero-order chi connectivity index (χ0) is 15.1. The average Bonchev–Trinajstić information content (AvgIpc) is 2.55. The molecule has 2 aromatic carbocycles. The molecule has 1 amide bonds. The van der Waals surface area contributed by atoms with Gasteiger partial charge in [-0.25, -0.2) is 0 Å². The number of hydrogen-bond donors (Lipinski definition) is 3. The van der Waals surface area contributed by atoms with Gasteiger partial charge in [0.25, 0.3) is 5.91 Å². The Labute approximate surface area is 124 Å². The molecule has 0 radical (unpaired) electrons. The fourth-order valence-electron chi connectivity index (χ4n) is 2.14. The summed E-state index contributed by atoms with van der Waals surface area (Å²) in [5.41, 5.74) is 3.82. The predicted octanol–water partition coefficient (Wildman–Crippen LogP) is 1.83. The Balaban J connectivity index is 1.90. The summed E-state index contributed by atoms with van der Waals surface area (Å²) in [5, 5.41) is 15.2. The first kappa shape index (κ1) is 15.2. The fourth-order valence-corrected chi connectivity index (χ4v) is 2.14. The molecular weight excluding hydrogens is 264 g/mol. The summed E-state index contributed by atoms with van der Waals surface area (Å²) in [4.78, 5) is 11.4. The van der Waals surface area contributed by atoms with E-state index in [1.165, 1.54) is 0 Å². The average molecular weight is 284 g/mol. The number of hydrogen-bond acceptors (Lipinski definition) is 3. The van der Waals surface area contributed by atoms with Crippen molar-refractivity contribution in [3.8, 4) is 0 Å². The summed E-state index contributed by atoms with van der Waals surface area (Å²) in [6, 6.07) is 15.3. The van der Waals surface area contributed by atoms with E-state index in [-0.39, 0.29) is 12.5 Å². The summed E-state index contributed by atoms with van der Waals surface area (Å²) in [6.07, 6.45) is 0. The lowest BCUT2D eigenvalue weighted by atomic mass is 10.1. The number of carbonyl (C=O) groups excluding carboxylic acids is 1. The van der Waals surface area contributed by atoms with E-state index in [0.717, 1.165) is 16.7 Å². The molecule has 2 aromatic rings. The minimum absolute atomic E-state index is 0.0542. The van der Waals surface area contributed by atoms with Crippen LogP contribution in [0.2, 0.25) is 0 Å². The van der Waals surface area contributed by atoms with Gasteiger partial charge in [0.2, 0.25) is 0 Å². The highest BCUT2D eigenvalue weighted by Gasteiger charge is 2.03. The molecule has 0 aliphatic heterocycles. The SMILES string of the molecule is CNC(=O)c1ccc(CNCc2ccccc2CO)cc1. The maximum Gasteiger partial charge on any atom is 0.251 e. The van der Waals surface area contributed by atoms with Gasteiger partial charge < -0.3 is 15.7 Å². The second-order valence-corrected chi connectivity index (χ2v) is 4.81. The highest BCUT2D eigenvalue weighted by Crippen LogP contribution is 2.09. The van der Waals surface area contributed by atoms with E-state index in [1.807, 2.05) is 48.5 Å². The van der Waals surface area contributed by atoms with Crippen LogP contribution in [0.15, 0.2) is 48.5 Å². The van der Waals surface area contributed by atoms with E-state index in [9.17, 15) is 9.90 Å². The standard InChI is InChI=1S/C17H20N2O2/c1-18-17(21)14-8-6-13(7-9-14)10-19-11-15-4-2-3-5-16(15)12-20/h2-9,19-20H,10-12H2,1H3,(H,18,21). The Bertz CT molecular complexity index is 594. The Kier molecular flexibility index (Phi) is 5.49. The molecule has 0 saturated heterocycles. The molecule has 0 aliphatic rings. The summed E-state index contributed by atoms with van der Waals surface area (Å²) >= 11 is 0. The second-order valence-electron chi connectivity index (χ2n) is 4.81. The lowest BCUT2D eigenvalue weighted by Crippen LogP contribution is -2.18. The van der Waals surface area contributed by atoms with Crippen molar-refractivity contribution >= 4 is 5.91 Å². The van der Waals surface area contributed by atoms with Gasteiger partial charge >= 0.3 is 0 Å². The van der Waals surface area contributed by atoms with Gasteiger partial charge in [-0.3, -0.25) is 4.79 Å². The van der Waals surface area contributed by atoms with Crippen molar-refractivity contribution in [1.29, 1.82) is 0 Å². The van der Waals surface area contributed by atoms with Crippen molar-refractivity contribution in [2.24, 2.45) is 0 Å². The van der Waals surface area contributed by atoms with Crippen molar-refractivity contribution in [3.63, 3.8) is 0 Å². The fraction of sp³-hybridized carbons (Fsp3) is 0.235. The Morgan fingerprint density at radius 3 is 2.29 bits per heavy atom. The van der Waals surface area contributed by atoms with Gasteiger partial charge in [-0.15, -0.1) is 0 Å². The van der Waals surface area contributed by atoms with E-state index >= 15 is 0 Å². The van der Waals surface area contributed by atoms with Crippen LogP contribution in [0.5, 0.6) is 0 Å². The van der Waals surface area contributed by atoms with Crippen molar-refractivity contribution in [2.45, 2.75) is 19.7 Å². The Hall–Kier alpha value is -2.17. The molecule has 3 N–H and O–H groups in total. The predicted molar refractivity (Wildman–Crippen MR) is 82.7 cm³/mol. The van der Waals surface area contributed by atoms with E-state index in [2.05, 4.69) is 10.6 Å². The zero-order valence-electron chi connectivity index (χ0n) is 12.1. The number of aliphatic hydroxyl groups excluding tert-OH is 1. The molecule has 4 nitrogen and oxygen atoms in total. The van der Waals surface area contributed by atoms with Gasteiger partial charge in [0.05, 0.1) is 6.61 Å². The minimum atomic E-state index is -0.0774. The number of amides is 1. The maximum absolute atomic E-state index is 11.4. The Morgan fingerprint density at radius 1 is 1.00 bits per heavy atom. The molecule has 4 heteroatoms. The third kappa shape index (κ3) is 4.15. The van der Waals surface area contributed by atoms with E-state index < -0.39 is 0 Å². The minimum Gasteiger partial charge on any atom is -0.392 e. The van der Waals surface area contributed by atoms with Crippen molar-refractivity contribution < 1.29 is 9.90 Å². The quantitative estimate of drug-likeness (QED) is 0.758. The Morgan fingerprint density at radius 2 is 1.67 bits per heavy atom. The van der Waals surface area contributed by atoms with E-state index in [4.69, 9.17) is 0 Å². The molecular formula is C17H20N2O2. The normalized spacial score (nSPS) is 10.4. The van der Waals surface area contributed by atoms with E-state index in [0.29, 0.717) is 18.7 Å². The molecule has 0 saturated carbocycles. The zero-order valence-corrected chi connectivity index (χ0v) is 12.1. The van der Waals surface area contributed by atoms with Crippen LogP contribution >= 0.6 is 0 Å². The molecule has 110 valence electrons. The number of carbonyl (C=O) groups is 1. The molecule has 0 atom stereocenters. The van der Waals surface area contributed by atoms with Crippen LogP contribution in [0.3, 0.4) is 0 Å². The van der Waals surface area contributed by atoms with Gasteiger partial charge in [0.1, 0.15) is 0 Å². The van der Waals surface area contributed by atoms with Crippen LogP contribution in [0.4, 0.5) is 0 Å². The second kappa shape index (κ2) is 7.57. The summed E-state index contributed by atoms with van der Waals surface area (Å²) in [7, 11) is 1.62. The largest absolute Gasteiger partial charge is 0.392 e. The highest BCUT2D eigenvalue weighted by molar-refractivity contribution is 5.93. The third-order valence-corrected chi connectivity index (χ3v) is 3.38. The van der Waals surface area contributed by atoms with Gasteiger partial charge in [-0.1, -0.05) is 36.4 Å². The molecule has 0 unspecified atom stereocenters. The van der Waals surface area contributed by atoms with Crippen molar-refractivity contribution in [2.75, 3.05) is 7.05 Å². The lowest BCUT2D eigenvalue weighted by molar-refractivity contribution is 0.0963. The number of nitrogens with one attached hydrogen (secondary N) is 2. The first-order chi connectivity index (χ1) is 10.2. The summed E-state index contributed by atoms with van der Waals surface area (Å²) in [5.74, 6) is -0.0774. The molecule has 0 spiro atoms. The smallest absolute Gasteiger partial charge is 0.251 e. The van der Waals surface area contributed by atoms with Crippen LogP contribution in [0.25, 0.3) is 0 Å². The molecule has 2 rings (SSSR count). The van der Waals surface area contributed by atoms with Gasteiger partial charge in [0, 0.05) is 25.7 Å². The first-order valence-corrected chi connectivity index (χ1v) is 6.94. The van der Waals surface area contributed by atoms with Crippen LogP contribution < -0.4 is 10.6 Å². The summed E-state index contributed by atoms with van der Waals surface area (Å²) in [6.45, 7) is 1.47. The van der Waals surface area contributed by atoms with Crippen LogP contribution in [-0.4, -0.2) is 18.1 Å². The molecule has 0 bridgehead atoms. The number of benzene rings is 2. The van der Waals surface area contributed by atoms with E-state index in [1.54, 1.807) is 7.05 Å². The number of rotatable bonds is 6. The van der Waals surface area contributed by atoms with Gasteiger partial charge in [0.15, 0.2) is 0 Å². The van der Waals surface area contributed by atoms with Crippen LogP contribution in [0, 0.1) is 0 Å². The maximum atomic E-state index is 11.4. The molecule has 0 aliphatic carbocycles. The van der Waals surface area contributed by atoms with Gasteiger partial charge in [-0.05, 0) is 28.8 Å². The van der Waals surface area contributed by atoms with Crippen molar-refractivity contribution in [1.82, 2.24) is 10.6 Å². The monoisotopic (exact) mass is 284 g/mol. The first-order valence-electron chi connectivity index (χ1n) is 6.94. The summed E-state index contributed by atoms with van der Waals surface area (Å²) < 4.78 is 0. The molecule has 0 fully saturated rings. The van der Waals surface area contributed by atoms with Crippen molar-refractivity contribution in [3.05, 3.63) is 70.8 Å². The van der Waals surface area contributed by atoms with Crippen LogP contribution in [-0.2, 0) is 19.7 Å². The topological polar surface area (TPSA) is 61.4 Å². The number of aliphatic hydroxyl groups is 1. The van der Waals surface area contributed by atoms with Gasteiger partial charge in [-0.2, -0.15) is 0 Å². The highest BCUT2D eigenvalue weighted by atomic mass is 16.3. The molecule has 0 heterocycles. The molecule has 21 heavy (non-hydrogen) atoms. The van der Waals surface area contributed by atoms with Crippen LogP contribution in [0.1, 0.15) is 27.0 Å². The third-order valence-electron chi connectivity index (χ3n) is 3.38. The lowest BCUT2D eigenvalue weighted by Gasteiger charge is -2.09.